The lowest BCUT2D eigenvalue weighted by Gasteiger charge is -2.44. The molecule has 0 radical (unpaired) electrons. The third-order valence-electron chi connectivity index (χ3n) is 5.79. The van der Waals surface area contributed by atoms with Gasteiger partial charge in [-0.3, -0.25) is 9.59 Å². The molecule has 30 heavy (non-hydrogen) atoms. The third-order valence-corrected chi connectivity index (χ3v) is 7.79. The Morgan fingerprint density at radius 1 is 1.03 bits per heavy atom. The first-order valence-corrected chi connectivity index (χ1v) is 11.4. The van der Waals surface area contributed by atoms with Crippen LogP contribution < -0.4 is 5.32 Å². The van der Waals surface area contributed by atoms with E-state index in [0.717, 1.165) is 11.1 Å². The Morgan fingerprint density at radius 2 is 1.77 bits per heavy atom. The van der Waals surface area contributed by atoms with E-state index in [-0.39, 0.29) is 36.3 Å². The number of hydrogen-bond acceptors (Lipinski definition) is 4. The maximum atomic E-state index is 13.2. The first-order chi connectivity index (χ1) is 14.3. The summed E-state index contributed by atoms with van der Waals surface area (Å²) in [5.74, 6) is -0.469. The average molecular weight is 428 g/mol. The molecule has 2 aliphatic heterocycles. The molecule has 2 fully saturated rings. The number of rotatable bonds is 4. The summed E-state index contributed by atoms with van der Waals surface area (Å²) in [6.07, 6.45) is 0.416. The van der Waals surface area contributed by atoms with Gasteiger partial charge in [0.05, 0.1) is 4.90 Å². The zero-order chi connectivity index (χ0) is 21.5. The Balaban J connectivity index is 1.53. The molecule has 2 amide bonds. The molecule has 2 saturated heterocycles. The van der Waals surface area contributed by atoms with Crippen LogP contribution in [0, 0.1) is 13.8 Å². The van der Waals surface area contributed by atoms with Crippen LogP contribution in [0.15, 0.2) is 53.4 Å². The fourth-order valence-corrected chi connectivity index (χ4v) is 5.85. The van der Waals surface area contributed by atoms with Gasteiger partial charge in [-0.25, -0.2) is 8.42 Å². The van der Waals surface area contributed by atoms with Crippen LogP contribution in [0.1, 0.15) is 16.7 Å². The number of hydrogen-bond donors (Lipinski definition) is 1. The first-order valence-electron chi connectivity index (χ1n) is 9.99. The fourth-order valence-electron chi connectivity index (χ4n) is 4.11. The van der Waals surface area contributed by atoms with Crippen molar-refractivity contribution in [2.75, 3.05) is 19.6 Å². The molecule has 0 spiro atoms. The van der Waals surface area contributed by atoms with Crippen LogP contribution in [-0.2, 0) is 26.0 Å². The summed E-state index contributed by atoms with van der Waals surface area (Å²) in [6.45, 7) is 3.94. The number of carbonyl (C=O) groups is 2. The van der Waals surface area contributed by atoms with E-state index < -0.39 is 22.1 Å². The van der Waals surface area contributed by atoms with Crippen molar-refractivity contribution in [1.29, 1.82) is 0 Å². The van der Waals surface area contributed by atoms with Crippen molar-refractivity contribution in [3.63, 3.8) is 0 Å². The van der Waals surface area contributed by atoms with Gasteiger partial charge in [-0.2, -0.15) is 4.31 Å². The molecule has 2 aromatic rings. The number of aryl methyl sites for hydroxylation is 2. The highest BCUT2D eigenvalue weighted by molar-refractivity contribution is 7.89. The smallest absolute Gasteiger partial charge is 0.246 e. The predicted molar refractivity (Wildman–Crippen MR) is 112 cm³/mol. The standard InChI is InChI=1S/C22H25N3O4S/c1-15-8-9-16(2)20(12-15)30(28,29)24-10-11-25-19(14-24)21(26)23-18(22(25)27)13-17-6-4-3-5-7-17/h3-9,12,18-19H,10-11,13-14H2,1-2H3,(H,23,26)/t18-,19-/m1/s1. The second-order valence-electron chi connectivity index (χ2n) is 7.93. The molecule has 1 N–H and O–H groups in total. The zero-order valence-electron chi connectivity index (χ0n) is 17.0. The lowest BCUT2D eigenvalue weighted by molar-refractivity contribution is -0.151. The van der Waals surface area contributed by atoms with Crippen LogP contribution in [0.4, 0.5) is 0 Å². The van der Waals surface area contributed by atoms with Gasteiger partial charge in [0, 0.05) is 26.1 Å². The van der Waals surface area contributed by atoms with Crippen molar-refractivity contribution in [2.24, 2.45) is 0 Å². The Hall–Kier alpha value is -2.71. The van der Waals surface area contributed by atoms with Gasteiger partial charge in [0.2, 0.25) is 21.8 Å². The number of carbonyl (C=O) groups excluding carboxylic acids is 2. The molecule has 2 aliphatic rings. The number of fused-ring (bicyclic) bond motifs is 1. The Bertz CT molecular complexity index is 1080. The van der Waals surface area contributed by atoms with E-state index in [9.17, 15) is 18.0 Å². The van der Waals surface area contributed by atoms with Gasteiger partial charge in [0.1, 0.15) is 12.1 Å². The lowest BCUT2D eigenvalue weighted by Crippen LogP contribution is -2.69. The number of nitrogens with one attached hydrogen (secondary N) is 1. The van der Waals surface area contributed by atoms with Crippen molar-refractivity contribution in [1.82, 2.24) is 14.5 Å². The number of nitrogens with zero attached hydrogens (tertiary/aromatic N) is 2. The molecule has 2 atom stereocenters. The van der Waals surface area contributed by atoms with Crippen LogP contribution in [0.2, 0.25) is 0 Å². The van der Waals surface area contributed by atoms with Crippen LogP contribution in [0.5, 0.6) is 0 Å². The molecule has 4 rings (SSSR count). The number of sulfonamides is 1. The van der Waals surface area contributed by atoms with Crippen LogP contribution >= 0.6 is 0 Å². The summed E-state index contributed by atoms with van der Waals surface area (Å²) >= 11 is 0. The topological polar surface area (TPSA) is 86.8 Å². The van der Waals surface area contributed by atoms with Gasteiger partial charge in [-0.1, -0.05) is 42.5 Å². The average Bonchev–Trinajstić information content (AvgIpc) is 2.74. The summed E-state index contributed by atoms with van der Waals surface area (Å²) < 4.78 is 27.8. The maximum absolute atomic E-state index is 13.2. The fraction of sp³-hybridized carbons (Fsp3) is 0.364. The summed E-state index contributed by atoms with van der Waals surface area (Å²) in [4.78, 5) is 27.5. The highest BCUT2D eigenvalue weighted by Gasteiger charge is 2.45. The van der Waals surface area contributed by atoms with E-state index in [2.05, 4.69) is 5.32 Å². The Kier molecular flexibility index (Phi) is 5.38. The SMILES string of the molecule is Cc1ccc(C)c(S(=O)(=O)N2CCN3C(=O)[C@@H](Cc4ccccc4)NC(=O)[C@H]3C2)c1. The molecule has 7 nitrogen and oxygen atoms in total. The normalized spacial score (nSPS) is 22.5. The number of benzene rings is 2. The van der Waals surface area contributed by atoms with Crippen LogP contribution in [-0.4, -0.2) is 61.2 Å². The highest BCUT2D eigenvalue weighted by atomic mass is 32.2. The van der Waals surface area contributed by atoms with Gasteiger partial charge in [-0.15, -0.1) is 0 Å². The molecule has 0 aliphatic carbocycles. The largest absolute Gasteiger partial charge is 0.342 e. The van der Waals surface area contributed by atoms with Crippen molar-refractivity contribution in [2.45, 2.75) is 37.2 Å². The first kappa shape index (κ1) is 20.6. The molecule has 0 aromatic heterocycles. The quantitative estimate of drug-likeness (QED) is 0.796. The van der Waals surface area contributed by atoms with E-state index in [1.165, 1.54) is 9.21 Å². The van der Waals surface area contributed by atoms with Crippen LogP contribution in [0.25, 0.3) is 0 Å². The zero-order valence-corrected chi connectivity index (χ0v) is 17.9. The van der Waals surface area contributed by atoms with E-state index >= 15 is 0 Å². The van der Waals surface area contributed by atoms with E-state index in [1.807, 2.05) is 43.3 Å². The molecule has 158 valence electrons. The highest BCUT2D eigenvalue weighted by Crippen LogP contribution is 2.26. The Morgan fingerprint density at radius 3 is 2.50 bits per heavy atom. The molecule has 2 aromatic carbocycles. The van der Waals surface area contributed by atoms with E-state index in [0.29, 0.717) is 12.0 Å². The number of piperazine rings is 2. The van der Waals surface area contributed by atoms with Crippen LogP contribution in [0.3, 0.4) is 0 Å². The van der Waals surface area contributed by atoms with Crippen molar-refractivity contribution in [3.05, 3.63) is 65.2 Å². The lowest BCUT2D eigenvalue weighted by atomic mass is 9.99. The minimum absolute atomic E-state index is 0.0364. The molecule has 2 heterocycles. The monoisotopic (exact) mass is 427 g/mol. The van der Waals surface area contributed by atoms with E-state index in [4.69, 9.17) is 0 Å². The minimum Gasteiger partial charge on any atom is -0.342 e. The van der Waals surface area contributed by atoms with Gasteiger partial charge >= 0.3 is 0 Å². The van der Waals surface area contributed by atoms with Crippen molar-refractivity contribution < 1.29 is 18.0 Å². The third kappa shape index (κ3) is 3.73. The molecule has 0 bridgehead atoms. The Labute approximate surface area is 176 Å². The second-order valence-corrected chi connectivity index (χ2v) is 9.84. The van der Waals surface area contributed by atoms with Gasteiger partial charge in [0.15, 0.2) is 0 Å². The van der Waals surface area contributed by atoms with Crippen molar-refractivity contribution in [3.8, 4) is 0 Å². The maximum Gasteiger partial charge on any atom is 0.246 e. The summed E-state index contributed by atoms with van der Waals surface area (Å²) in [6, 6.07) is 13.4. The molecule has 0 saturated carbocycles. The summed E-state index contributed by atoms with van der Waals surface area (Å²) in [7, 11) is -3.75. The van der Waals surface area contributed by atoms with Gasteiger partial charge in [0.25, 0.3) is 0 Å². The van der Waals surface area contributed by atoms with E-state index in [1.54, 1.807) is 19.1 Å². The summed E-state index contributed by atoms with van der Waals surface area (Å²) in [5.41, 5.74) is 2.48. The molecular weight excluding hydrogens is 402 g/mol. The molecular formula is C22H25N3O4S. The van der Waals surface area contributed by atoms with Crippen molar-refractivity contribution >= 4 is 21.8 Å². The second kappa shape index (κ2) is 7.85. The minimum atomic E-state index is -3.75. The molecule has 0 unspecified atom stereocenters. The van der Waals surface area contributed by atoms with Gasteiger partial charge < -0.3 is 10.2 Å². The molecule has 8 heteroatoms. The summed E-state index contributed by atoms with van der Waals surface area (Å²) in [5, 5.41) is 2.79. The number of amides is 2. The predicted octanol–water partition coefficient (Wildman–Crippen LogP) is 1.25. The van der Waals surface area contributed by atoms with Gasteiger partial charge in [-0.05, 0) is 36.6 Å².